The van der Waals surface area contributed by atoms with E-state index in [-0.39, 0.29) is 0 Å². The molecule has 110 valence electrons. The van der Waals surface area contributed by atoms with Crippen LogP contribution in [0.25, 0.3) is 0 Å². The maximum Gasteiger partial charge on any atom is -0.00439 e. The van der Waals surface area contributed by atoms with Gasteiger partial charge in [0.1, 0.15) is 0 Å². The zero-order valence-electron chi connectivity index (χ0n) is 14.0. The molecule has 1 heteroatoms. The van der Waals surface area contributed by atoms with Crippen molar-refractivity contribution in [1.82, 2.24) is 0 Å². The maximum atomic E-state index is 5.92. The lowest BCUT2D eigenvalue weighted by Crippen LogP contribution is -2.28. The molecule has 18 heavy (non-hydrogen) atoms. The van der Waals surface area contributed by atoms with Crippen LogP contribution in [0.2, 0.25) is 0 Å². The molecule has 0 heterocycles. The SMILES string of the molecule is CCCC(C)(C)CC(C)CCC(CN)C(C)(C)C. The highest BCUT2D eigenvalue weighted by Gasteiger charge is 2.25. The summed E-state index contributed by atoms with van der Waals surface area (Å²) in [5.41, 5.74) is 6.78. The Morgan fingerprint density at radius 1 is 1.00 bits per heavy atom. The van der Waals surface area contributed by atoms with Gasteiger partial charge in [-0.3, -0.25) is 0 Å². The van der Waals surface area contributed by atoms with Crippen LogP contribution in [0.1, 0.15) is 80.6 Å². The first kappa shape index (κ1) is 18.0. The molecule has 0 aliphatic carbocycles. The summed E-state index contributed by atoms with van der Waals surface area (Å²) in [4.78, 5) is 0. The highest BCUT2D eigenvalue weighted by atomic mass is 14.6. The molecule has 0 aliphatic rings. The lowest BCUT2D eigenvalue weighted by molar-refractivity contribution is 0.196. The molecular formula is C17H37N. The van der Waals surface area contributed by atoms with E-state index in [4.69, 9.17) is 5.73 Å². The van der Waals surface area contributed by atoms with Gasteiger partial charge >= 0.3 is 0 Å². The third-order valence-electron chi connectivity index (χ3n) is 4.35. The molecule has 0 aliphatic heterocycles. The maximum absolute atomic E-state index is 5.92. The average molecular weight is 255 g/mol. The van der Waals surface area contributed by atoms with Crippen molar-refractivity contribution >= 4 is 0 Å². The van der Waals surface area contributed by atoms with Gasteiger partial charge in [0.2, 0.25) is 0 Å². The molecule has 0 aromatic heterocycles. The molecule has 0 aromatic rings. The molecule has 0 spiro atoms. The predicted molar refractivity (Wildman–Crippen MR) is 83.7 cm³/mol. The minimum Gasteiger partial charge on any atom is -0.330 e. The largest absolute Gasteiger partial charge is 0.330 e. The molecule has 0 saturated heterocycles. The predicted octanol–water partition coefficient (Wildman–Crippen LogP) is 5.24. The van der Waals surface area contributed by atoms with Crippen molar-refractivity contribution in [3.05, 3.63) is 0 Å². The van der Waals surface area contributed by atoms with Gasteiger partial charge in [-0.2, -0.15) is 0 Å². The summed E-state index contributed by atoms with van der Waals surface area (Å²) in [7, 11) is 0. The molecule has 0 amide bonds. The van der Waals surface area contributed by atoms with E-state index in [0.29, 0.717) is 16.7 Å². The highest BCUT2D eigenvalue weighted by molar-refractivity contribution is 4.77. The van der Waals surface area contributed by atoms with Crippen LogP contribution in [0.4, 0.5) is 0 Å². The fourth-order valence-corrected chi connectivity index (χ4v) is 3.21. The quantitative estimate of drug-likeness (QED) is 0.630. The van der Waals surface area contributed by atoms with Gasteiger partial charge in [-0.1, -0.05) is 61.3 Å². The summed E-state index contributed by atoms with van der Waals surface area (Å²) in [6, 6.07) is 0. The summed E-state index contributed by atoms with van der Waals surface area (Å²) in [5.74, 6) is 1.48. The Morgan fingerprint density at radius 2 is 1.56 bits per heavy atom. The average Bonchev–Trinajstić information content (AvgIpc) is 2.14. The van der Waals surface area contributed by atoms with Crippen LogP contribution in [0.15, 0.2) is 0 Å². The third-order valence-corrected chi connectivity index (χ3v) is 4.35. The molecule has 0 radical (unpaired) electrons. The van der Waals surface area contributed by atoms with E-state index in [1.807, 2.05) is 0 Å². The zero-order chi connectivity index (χ0) is 14.4. The molecule has 0 fully saturated rings. The molecular weight excluding hydrogens is 218 g/mol. The van der Waals surface area contributed by atoms with Crippen molar-refractivity contribution < 1.29 is 0 Å². The molecule has 2 atom stereocenters. The Hall–Kier alpha value is -0.0400. The number of rotatable bonds is 8. The summed E-state index contributed by atoms with van der Waals surface area (Å²) < 4.78 is 0. The third kappa shape index (κ3) is 7.41. The second-order valence-corrected chi connectivity index (χ2v) is 8.10. The Bertz CT molecular complexity index is 212. The Balaban J connectivity index is 4.13. The van der Waals surface area contributed by atoms with E-state index in [9.17, 15) is 0 Å². The second kappa shape index (κ2) is 7.53. The summed E-state index contributed by atoms with van der Waals surface area (Å²) >= 11 is 0. The van der Waals surface area contributed by atoms with E-state index in [1.165, 1.54) is 32.1 Å². The highest BCUT2D eigenvalue weighted by Crippen LogP contribution is 2.35. The van der Waals surface area contributed by atoms with Crippen LogP contribution in [0.5, 0.6) is 0 Å². The first-order valence-corrected chi connectivity index (χ1v) is 7.82. The van der Waals surface area contributed by atoms with Gasteiger partial charge in [-0.25, -0.2) is 0 Å². The molecule has 0 aromatic carbocycles. The fraction of sp³-hybridized carbons (Fsp3) is 1.00. The van der Waals surface area contributed by atoms with E-state index < -0.39 is 0 Å². The van der Waals surface area contributed by atoms with Crippen molar-refractivity contribution in [3.63, 3.8) is 0 Å². The van der Waals surface area contributed by atoms with Crippen molar-refractivity contribution in [2.24, 2.45) is 28.4 Å². The van der Waals surface area contributed by atoms with Crippen LogP contribution in [0, 0.1) is 22.7 Å². The van der Waals surface area contributed by atoms with Gasteiger partial charge in [-0.05, 0) is 48.5 Å². The van der Waals surface area contributed by atoms with Gasteiger partial charge < -0.3 is 5.73 Å². The summed E-state index contributed by atoms with van der Waals surface area (Å²) in [6.07, 6.45) is 6.60. The first-order chi connectivity index (χ1) is 8.12. The minimum atomic E-state index is 0.355. The van der Waals surface area contributed by atoms with Gasteiger partial charge in [0.25, 0.3) is 0 Å². The van der Waals surface area contributed by atoms with E-state index in [2.05, 4.69) is 48.5 Å². The molecule has 0 saturated carbocycles. The number of nitrogens with two attached hydrogens (primary N) is 1. The van der Waals surface area contributed by atoms with Gasteiger partial charge in [0.15, 0.2) is 0 Å². The zero-order valence-corrected chi connectivity index (χ0v) is 14.0. The van der Waals surface area contributed by atoms with Crippen molar-refractivity contribution in [2.75, 3.05) is 6.54 Å². The van der Waals surface area contributed by atoms with E-state index in [1.54, 1.807) is 0 Å². The normalized spacial score (nSPS) is 16.7. The van der Waals surface area contributed by atoms with Crippen molar-refractivity contribution in [3.8, 4) is 0 Å². The van der Waals surface area contributed by atoms with Crippen molar-refractivity contribution in [2.45, 2.75) is 80.6 Å². The first-order valence-electron chi connectivity index (χ1n) is 7.82. The van der Waals surface area contributed by atoms with Crippen LogP contribution >= 0.6 is 0 Å². The number of hydrogen-bond donors (Lipinski definition) is 1. The fourth-order valence-electron chi connectivity index (χ4n) is 3.21. The summed E-state index contributed by atoms with van der Waals surface area (Å²) in [5, 5.41) is 0. The molecule has 2 N–H and O–H groups in total. The van der Waals surface area contributed by atoms with Gasteiger partial charge in [0, 0.05) is 0 Å². The Kier molecular flexibility index (Phi) is 7.51. The minimum absolute atomic E-state index is 0.355. The molecule has 1 nitrogen and oxygen atoms in total. The number of hydrogen-bond acceptors (Lipinski definition) is 1. The van der Waals surface area contributed by atoms with Crippen LogP contribution in [-0.2, 0) is 0 Å². The topological polar surface area (TPSA) is 26.0 Å². The standard InChI is InChI=1S/C17H37N/c1-8-11-17(6,7)12-14(2)9-10-15(13-18)16(3,4)5/h14-15H,8-13,18H2,1-7H3. The summed E-state index contributed by atoms with van der Waals surface area (Å²) in [6.45, 7) is 17.3. The van der Waals surface area contributed by atoms with Crippen LogP contribution < -0.4 is 5.73 Å². The monoisotopic (exact) mass is 255 g/mol. The second-order valence-electron chi connectivity index (χ2n) is 8.10. The van der Waals surface area contributed by atoms with Gasteiger partial charge in [0.05, 0.1) is 0 Å². The van der Waals surface area contributed by atoms with Crippen LogP contribution in [-0.4, -0.2) is 6.54 Å². The molecule has 2 unspecified atom stereocenters. The van der Waals surface area contributed by atoms with E-state index >= 15 is 0 Å². The lowest BCUT2D eigenvalue weighted by Gasteiger charge is -2.32. The van der Waals surface area contributed by atoms with Crippen LogP contribution in [0.3, 0.4) is 0 Å². The van der Waals surface area contributed by atoms with E-state index in [0.717, 1.165) is 12.5 Å². The van der Waals surface area contributed by atoms with Crippen molar-refractivity contribution in [1.29, 1.82) is 0 Å². The lowest BCUT2D eigenvalue weighted by atomic mass is 9.74. The molecule has 0 rings (SSSR count). The van der Waals surface area contributed by atoms with Gasteiger partial charge in [-0.15, -0.1) is 0 Å². The Labute approximate surface area is 116 Å². The smallest absolute Gasteiger partial charge is 0.00439 e. The molecule has 0 bridgehead atoms. The Morgan fingerprint density at radius 3 is 1.94 bits per heavy atom.